The summed E-state index contributed by atoms with van der Waals surface area (Å²) in [6.45, 7) is 9.66. The Bertz CT molecular complexity index is 441. The van der Waals surface area contributed by atoms with Crippen LogP contribution in [-0.4, -0.2) is 18.4 Å². The van der Waals surface area contributed by atoms with E-state index in [2.05, 4.69) is 13.2 Å². The molecular formula is C18H26O3. The third-order valence-electron chi connectivity index (χ3n) is 4.98. The Hall–Kier alpha value is -1.38. The third-order valence-corrected chi connectivity index (χ3v) is 4.98. The molecule has 2 aliphatic rings. The van der Waals surface area contributed by atoms with Gasteiger partial charge in [0.2, 0.25) is 0 Å². The van der Waals surface area contributed by atoms with Crippen molar-refractivity contribution in [3.63, 3.8) is 0 Å². The average Bonchev–Trinajstić information content (AvgIpc) is 3.31. The Morgan fingerprint density at radius 1 is 1.14 bits per heavy atom. The SMILES string of the molecule is C=CCC1(CC(=O)C(C(=O)OCC)C2(CC=C)CC2)CC1. The number of carbonyl (C=O) groups excluding carboxylic acids is 2. The second-order valence-electron chi connectivity index (χ2n) is 6.68. The summed E-state index contributed by atoms with van der Waals surface area (Å²) in [6.07, 6.45) is 9.75. The molecule has 0 saturated heterocycles. The minimum Gasteiger partial charge on any atom is -0.465 e. The van der Waals surface area contributed by atoms with Crippen molar-refractivity contribution in [1.82, 2.24) is 0 Å². The highest BCUT2D eigenvalue weighted by Crippen LogP contribution is 2.58. The van der Waals surface area contributed by atoms with Crippen LogP contribution in [0.2, 0.25) is 0 Å². The van der Waals surface area contributed by atoms with Crippen LogP contribution in [0, 0.1) is 16.7 Å². The van der Waals surface area contributed by atoms with E-state index in [0.29, 0.717) is 13.0 Å². The highest BCUT2D eigenvalue weighted by atomic mass is 16.5. The number of Topliss-reactive ketones (excluding diaryl/α,β-unsaturated/α-hetero) is 1. The van der Waals surface area contributed by atoms with Crippen LogP contribution in [0.25, 0.3) is 0 Å². The Labute approximate surface area is 127 Å². The molecule has 0 aromatic carbocycles. The summed E-state index contributed by atoms with van der Waals surface area (Å²) in [4.78, 5) is 25.1. The van der Waals surface area contributed by atoms with E-state index < -0.39 is 5.92 Å². The Morgan fingerprint density at radius 3 is 2.19 bits per heavy atom. The number of carbonyl (C=O) groups is 2. The van der Waals surface area contributed by atoms with Crippen molar-refractivity contribution in [1.29, 1.82) is 0 Å². The first kappa shape index (κ1) is 16.0. The van der Waals surface area contributed by atoms with Gasteiger partial charge in [-0.3, -0.25) is 9.59 Å². The highest BCUT2D eigenvalue weighted by Gasteiger charge is 2.57. The van der Waals surface area contributed by atoms with Gasteiger partial charge >= 0.3 is 5.97 Å². The maximum Gasteiger partial charge on any atom is 0.317 e. The Kier molecular flexibility index (Phi) is 4.70. The monoisotopic (exact) mass is 290 g/mol. The fourth-order valence-corrected chi connectivity index (χ4v) is 3.41. The number of hydrogen-bond acceptors (Lipinski definition) is 3. The lowest BCUT2D eigenvalue weighted by Crippen LogP contribution is -2.35. The van der Waals surface area contributed by atoms with Crippen molar-refractivity contribution < 1.29 is 14.3 Å². The largest absolute Gasteiger partial charge is 0.465 e. The highest BCUT2D eigenvalue weighted by molar-refractivity contribution is 6.00. The molecule has 0 heterocycles. The number of allylic oxidation sites excluding steroid dienone is 2. The molecule has 1 atom stereocenters. The lowest BCUT2D eigenvalue weighted by Gasteiger charge is -2.25. The van der Waals surface area contributed by atoms with Gasteiger partial charge in [-0.05, 0) is 56.3 Å². The summed E-state index contributed by atoms with van der Waals surface area (Å²) in [5, 5.41) is 0. The lowest BCUT2D eigenvalue weighted by atomic mass is 9.79. The molecule has 21 heavy (non-hydrogen) atoms. The number of esters is 1. The second kappa shape index (κ2) is 6.17. The molecule has 0 radical (unpaired) electrons. The van der Waals surface area contributed by atoms with Crippen LogP contribution < -0.4 is 0 Å². The van der Waals surface area contributed by atoms with Crippen molar-refractivity contribution >= 4 is 11.8 Å². The summed E-state index contributed by atoms with van der Waals surface area (Å²) in [5.41, 5.74) is -0.136. The molecule has 2 aliphatic carbocycles. The molecule has 2 rings (SSSR count). The van der Waals surface area contributed by atoms with Gasteiger partial charge in [0.05, 0.1) is 6.61 Å². The lowest BCUT2D eigenvalue weighted by molar-refractivity contribution is -0.155. The van der Waals surface area contributed by atoms with E-state index in [4.69, 9.17) is 4.74 Å². The van der Waals surface area contributed by atoms with Gasteiger partial charge in [-0.15, -0.1) is 13.2 Å². The number of rotatable bonds is 10. The molecule has 2 saturated carbocycles. The molecule has 2 fully saturated rings. The van der Waals surface area contributed by atoms with Gasteiger partial charge in [0, 0.05) is 6.42 Å². The summed E-state index contributed by atoms with van der Waals surface area (Å²) >= 11 is 0. The molecule has 0 amide bonds. The van der Waals surface area contributed by atoms with E-state index in [-0.39, 0.29) is 22.6 Å². The summed E-state index contributed by atoms with van der Waals surface area (Å²) in [7, 11) is 0. The van der Waals surface area contributed by atoms with E-state index in [9.17, 15) is 9.59 Å². The Balaban J connectivity index is 2.11. The predicted octanol–water partition coefficient (Wildman–Crippen LogP) is 3.84. The van der Waals surface area contributed by atoms with E-state index in [0.717, 1.165) is 38.5 Å². The van der Waals surface area contributed by atoms with Gasteiger partial charge in [0.15, 0.2) is 0 Å². The standard InChI is InChI=1S/C18H26O3/c1-4-7-17(9-10-17)13-14(19)15(16(20)21-6-3)18(8-5-2)11-12-18/h4-5,15H,1-2,6-13H2,3H3. The molecule has 0 aromatic rings. The zero-order chi connectivity index (χ0) is 15.5. The topological polar surface area (TPSA) is 43.4 Å². The van der Waals surface area contributed by atoms with Crippen LogP contribution in [0.3, 0.4) is 0 Å². The van der Waals surface area contributed by atoms with Gasteiger partial charge in [0.1, 0.15) is 11.7 Å². The van der Waals surface area contributed by atoms with Crippen LogP contribution in [-0.2, 0) is 14.3 Å². The van der Waals surface area contributed by atoms with Crippen molar-refractivity contribution in [2.24, 2.45) is 16.7 Å². The number of hydrogen-bond donors (Lipinski definition) is 0. The summed E-state index contributed by atoms with van der Waals surface area (Å²) in [6, 6.07) is 0. The molecule has 3 heteroatoms. The van der Waals surface area contributed by atoms with E-state index >= 15 is 0 Å². The van der Waals surface area contributed by atoms with Crippen molar-refractivity contribution in [3.05, 3.63) is 25.3 Å². The minimum atomic E-state index is -0.599. The van der Waals surface area contributed by atoms with Crippen LogP contribution in [0.1, 0.15) is 51.9 Å². The predicted molar refractivity (Wildman–Crippen MR) is 82.7 cm³/mol. The number of ether oxygens (including phenoxy) is 1. The van der Waals surface area contributed by atoms with Gasteiger partial charge in [0.25, 0.3) is 0 Å². The first-order valence-electron chi connectivity index (χ1n) is 7.94. The smallest absolute Gasteiger partial charge is 0.317 e. The first-order chi connectivity index (χ1) is 10.0. The zero-order valence-electron chi connectivity index (χ0n) is 13.0. The fraction of sp³-hybridized carbons (Fsp3) is 0.667. The van der Waals surface area contributed by atoms with Crippen LogP contribution >= 0.6 is 0 Å². The van der Waals surface area contributed by atoms with Crippen molar-refractivity contribution in [2.45, 2.75) is 51.9 Å². The molecule has 0 aromatic heterocycles. The fourth-order valence-electron chi connectivity index (χ4n) is 3.41. The van der Waals surface area contributed by atoms with Crippen LogP contribution in [0.4, 0.5) is 0 Å². The van der Waals surface area contributed by atoms with Crippen molar-refractivity contribution in [2.75, 3.05) is 6.61 Å². The molecule has 116 valence electrons. The minimum absolute atomic E-state index is 0.0622. The van der Waals surface area contributed by atoms with Crippen LogP contribution in [0.15, 0.2) is 25.3 Å². The van der Waals surface area contributed by atoms with Crippen LogP contribution in [0.5, 0.6) is 0 Å². The quantitative estimate of drug-likeness (QED) is 0.349. The molecule has 3 nitrogen and oxygen atoms in total. The molecular weight excluding hydrogens is 264 g/mol. The molecule has 0 N–H and O–H groups in total. The third kappa shape index (κ3) is 3.45. The Morgan fingerprint density at radius 2 is 1.76 bits per heavy atom. The second-order valence-corrected chi connectivity index (χ2v) is 6.68. The van der Waals surface area contributed by atoms with E-state index in [1.807, 2.05) is 12.2 Å². The average molecular weight is 290 g/mol. The van der Waals surface area contributed by atoms with E-state index in [1.165, 1.54) is 0 Å². The molecule has 0 bridgehead atoms. The van der Waals surface area contributed by atoms with Gasteiger partial charge in [-0.1, -0.05) is 12.2 Å². The maximum absolute atomic E-state index is 12.8. The van der Waals surface area contributed by atoms with Crippen molar-refractivity contribution in [3.8, 4) is 0 Å². The maximum atomic E-state index is 12.8. The summed E-state index contributed by atoms with van der Waals surface area (Å²) in [5.74, 6) is -0.874. The van der Waals surface area contributed by atoms with Gasteiger partial charge in [-0.2, -0.15) is 0 Å². The van der Waals surface area contributed by atoms with Gasteiger partial charge < -0.3 is 4.74 Å². The molecule has 0 spiro atoms. The van der Waals surface area contributed by atoms with E-state index in [1.54, 1.807) is 6.92 Å². The molecule has 0 aliphatic heterocycles. The zero-order valence-corrected chi connectivity index (χ0v) is 13.0. The molecule has 1 unspecified atom stereocenters. The number of ketones is 1. The summed E-state index contributed by atoms with van der Waals surface area (Å²) < 4.78 is 5.18. The first-order valence-corrected chi connectivity index (χ1v) is 7.94. The van der Waals surface area contributed by atoms with Gasteiger partial charge in [-0.25, -0.2) is 0 Å². The normalized spacial score (nSPS) is 22.0.